The smallest absolute Gasteiger partial charge is 0.212 e. The van der Waals surface area contributed by atoms with Crippen LogP contribution in [0.25, 0.3) is 17.0 Å². The van der Waals surface area contributed by atoms with E-state index in [2.05, 4.69) is 16.7 Å². The Labute approximate surface area is 164 Å². The number of aryl methyl sites for hydroxylation is 1. The molecule has 2 heterocycles. The van der Waals surface area contributed by atoms with Gasteiger partial charge in [-0.05, 0) is 30.2 Å². The average Bonchev–Trinajstić information content (AvgIpc) is 3.01. The van der Waals surface area contributed by atoms with E-state index in [0.29, 0.717) is 18.2 Å². The quantitative estimate of drug-likeness (QED) is 0.490. The van der Waals surface area contributed by atoms with Gasteiger partial charge in [-0.2, -0.15) is 0 Å². The van der Waals surface area contributed by atoms with Gasteiger partial charge in [-0.15, -0.1) is 0 Å². The van der Waals surface area contributed by atoms with E-state index < -0.39 is 15.9 Å². The van der Waals surface area contributed by atoms with Crippen LogP contribution >= 0.6 is 0 Å². The molecule has 0 fully saturated rings. The van der Waals surface area contributed by atoms with E-state index in [1.165, 1.54) is 0 Å². The number of nitrogens with zero attached hydrogens (tertiary/aromatic N) is 2. The van der Waals surface area contributed by atoms with E-state index in [-0.39, 0.29) is 6.42 Å². The number of ether oxygens (including phenoxy) is 1. The third kappa shape index (κ3) is 3.72. The highest BCUT2D eigenvalue weighted by atomic mass is 32.2. The number of anilines is 1. The summed E-state index contributed by atoms with van der Waals surface area (Å²) in [4.78, 5) is 1.92. The molecule has 4 rings (SSSR count). The summed E-state index contributed by atoms with van der Waals surface area (Å²) in [5, 5.41) is 1.08. The Balaban J connectivity index is 1.72. The molecule has 0 unspecified atom stereocenters. The minimum absolute atomic E-state index is 0.228. The van der Waals surface area contributed by atoms with Gasteiger partial charge in [-0.1, -0.05) is 24.3 Å². The van der Waals surface area contributed by atoms with Crippen LogP contribution < -0.4 is 14.2 Å². The van der Waals surface area contributed by atoms with Crippen molar-refractivity contribution in [3.63, 3.8) is 0 Å². The van der Waals surface area contributed by atoms with Crippen molar-refractivity contribution in [3.8, 4) is 5.75 Å². The molecule has 0 bridgehead atoms. The molecule has 0 radical (unpaired) electrons. The van der Waals surface area contributed by atoms with E-state index in [1.807, 2.05) is 66.7 Å². The molecule has 28 heavy (non-hydrogen) atoms. The zero-order valence-corrected chi connectivity index (χ0v) is 16.2. The highest BCUT2D eigenvalue weighted by molar-refractivity contribution is 7.85. The zero-order chi connectivity index (χ0) is 19.7. The first-order chi connectivity index (χ1) is 13.4. The van der Waals surface area contributed by atoms with Gasteiger partial charge in [-0.25, -0.2) is 13.0 Å². The normalized spacial score (nSPS) is 15.1. The second-order valence-electron chi connectivity index (χ2n) is 6.72. The van der Waals surface area contributed by atoms with Crippen molar-refractivity contribution >= 4 is 32.8 Å². The second-order valence-corrected chi connectivity index (χ2v) is 8.24. The highest BCUT2D eigenvalue weighted by Gasteiger charge is 2.26. The van der Waals surface area contributed by atoms with Crippen LogP contribution in [0.3, 0.4) is 0 Å². The lowest BCUT2D eigenvalue weighted by atomic mass is 10.1. The molecule has 0 amide bonds. The van der Waals surface area contributed by atoms with Gasteiger partial charge in [0.15, 0.2) is 11.9 Å². The fourth-order valence-electron chi connectivity index (χ4n) is 3.44. The van der Waals surface area contributed by atoms with Crippen LogP contribution in [0.1, 0.15) is 12.0 Å². The molecule has 7 heteroatoms. The van der Waals surface area contributed by atoms with Gasteiger partial charge in [0.1, 0.15) is 7.05 Å². The Kier molecular flexibility index (Phi) is 4.78. The molecule has 0 saturated heterocycles. The summed E-state index contributed by atoms with van der Waals surface area (Å²) in [5.74, 6) is 0.927. The molecule has 1 aliphatic rings. The number of hydrogen-bond donors (Lipinski definition) is 0. The first kappa shape index (κ1) is 18.5. The molecule has 1 aliphatic heterocycles. The molecule has 0 N–H and O–H groups in total. The summed E-state index contributed by atoms with van der Waals surface area (Å²) in [5.41, 5.74) is 2.96. The number of pyridine rings is 1. The lowest BCUT2D eigenvalue weighted by Crippen LogP contribution is -2.28. The van der Waals surface area contributed by atoms with Crippen molar-refractivity contribution in [3.05, 3.63) is 72.2 Å². The van der Waals surface area contributed by atoms with Crippen LogP contribution in [0, 0.1) is 0 Å². The Morgan fingerprint density at radius 1 is 1.11 bits per heavy atom. The molecular weight excluding hydrogens is 376 g/mol. The van der Waals surface area contributed by atoms with Crippen LogP contribution in [-0.2, 0) is 17.2 Å². The Morgan fingerprint density at radius 3 is 2.68 bits per heavy atom. The Bertz CT molecular complexity index is 1170. The zero-order valence-electron chi connectivity index (χ0n) is 15.4. The molecular formula is C21H20N2O4S. The third-order valence-electron chi connectivity index (χ3n) is 4.76. The van der Waals surface area contributed by atoms with Gasteiger partial charge in [-0.3, -0.25) is 0 Å². The fraction of sp³-hybridized carbons (Fsp3) is 0.190. The second kappa shape index (κ2) is 7.26. The molecule has 2 aromatic carbocycles. The van der Waals surface area contributed by atoms with Crippen molar-refractivity contribution in [1.29, 1.82) is 0 Å². The first-order valence-corrected chi connectivity index (χ1v) is 10.6. The minimum Gasteiger partial charge on any atom is -0.748 e. The summed E-state index contributed by atoms with van der Waals surface area (Å²) < 4.78 is 41.0. The Hall–Kier alpha value is -2.90. The van der Waals surface area contributed by atoms with Gasteiger partial charge >= 0.3 is 0 Å². The predicted molar refractivity (Wildman–Crippen MR) is 107 cm³/mol. The van der Waals surface area contributed by atoms with E-state index >= 15 is 0 Å². The van der Waals surface area contributed by atoms with Crippen LogP contribution in [-0.4, -0.2) is 25.3 Å². The van der Waals surface area contributed by atoms with Gasteiger partial charge in [0.25, 0.3) is 0 Å². The summed E-state index contributed by atoms with van der Waals surface area (Å²) in [7, 11) is -2.25. The van der Waals surface area contributed by atoms with Gasteiger partial charge < -0.3 is 14.2 Å². The largest absolute Gasteiger partial charge is 0.748 e. The average molecular weight is 396 g/mol. The van der Waals surface area contributed by atoms with Crippen LogP contribution in [0.5, 0.6) is 5.75 Å². The standard InChI is InChI=1S/C21H20N2O4S/c1-22-13-11-16(17-7-2-3-8-18(17)22)15-21-23(12-6-14-28(24,25)26)19-9-4-5-10-20(19)27-21/h2-5,7-11,13,15H,6,12,14H2,1H3. The minimum atomic E-state index is -4.24. The topological polar surface area (TPSA) is 73.5 Å². The number of aromatic nitrogens is 1. The first-order valence-electron chi connectivity index (χ1n) is 8.99. The van der Waals surface area contributed by atoms with Crippen LogP contribution in [0.2, 0.25) is 0 Å². The third-order valence-corrected chi connectivity index (χ3v) is 5.55. The predicted octanol–water partition coefficient (Wildman–Crippen LogP) is 2.80. The summed E-state index contributed by atoms with van der Waals surface area (Å²) >= 11 is 0. The van der Waals surface area contributed by atoms with E-state index in [9.17, 15) is 13.0 Å². The van der Waals surface area contributed by atoms with Crippen LogP contribution in [0.15, 0.2) is 66.7 Å². The van der Waals surface area contributed by atoms with Gasteiger partial charge in [0.05, 0.1) is 21.2 Å². The van der Waals surface area contributed by atoms with Crippen molar-refractivity contribution in [2.45, 2.75) is 6.42 Å². The summed E-state index contributed by atoms with van der Waals surface area (Å²) in [6, 6.07) is 17.7. The molecule has 0 saturated carbocycles. The van der Waals surface area contributed by atoms with Crippen molar-refractivity contribution in [2.75, 3.05) is 17.2 Å². The lowest BCUT2D eigenvalue weighted by Gasteiger charge is -2.19. The van der Waals surface area contributed by atoms with Crippen molar-refractivity contribution in [2.24, 2.45) is 7.05 Å². The number of rotatable bonds is 5. The number of para-hydroxylation sites is 3. The summed E-state index contributed by atoms with van der Waals surface area (Å²) in [6.45, 7) is 0.378. The van der Waals surface area contributed by atoms with Crippen molar-refractivity contribution < 1.29 is 22.3 Å². The van der Waals surface area contributed by atoms with E-state index in [0.717, 1.165) is 22.2 Å². The maximum atomic E-state index is 11.0. The molecule has 0 spiro atoms. The SMILES string of the molecule is C[n+]1ccc(C=C2Oc3ccccc3N2CCCS(=O)(=O)[O-])c2ccccc21. The van der Waals surface area contributed by atoms with Crippen LogP contribution in [0.4, 0.5) is 5.69 Å². The van der Waals surface area contributed by atoms with E-state index in [1.54, 1.807) is 0 Å². The molecule has 0 atom stereocenters. The molecule has 3 aromatic rings. The molecule has 0 aliphatic carbocycles. The molecule has 144 valence electrons. The van der Waals surface area contributed by atoms with E-state index in [4.69, 9.17) is 4.74 Å². The van der Waals surface area contributed by atoms with Gasteiger partial charge in [0, 0.05) is 30.5 Å². The molecule has 1 aromatic heterocycles. The number of hydrogen-bond acceptors (Lipinski definition) is 5. The lowest BCUT2D eigenvalue weighted by molar-refractivity contribution is -0.644. The van der Waals surface area contributed by atoms with Gasteiger partial charge in [0.2, 0.25) is 11.4 Å². The van der Waals surface area contributed by atoms with Crippen molar-refractivity contribution in [1.82, 2.24) is 0 Å². The monoisotopic (exact) mass is 396 g/mol. The Morgan fingerprint density at radius 2 is 1.86 bits per heavy atom. The maximum Gasteiger partial charge on any atom is 0.212 e. The molecule has 6 nitrogen and oxygen atoms in total. The highest BCUT2D eigenvalue weighted by Crippen LogP contribution is 2.39. The maximum absolute atomic E-state index is 11.0. The summed E-state index contributed by atoms with van der Waals surface area (Å²) in [6.07, 6.45) is 4.17. The number of fused-ring (bicyclic) bond motifs is 2. The fourth-order valence-corrected chi connectivity index (χ4v) is 3.92. The number of benzene rings is 2.